The van der Waals surface area contributed by atoms with Crippen LogP contribution in [0.3, 0.4) is 0 Å². The highest BCUT2D eigenvalue weighted by Gasteiger charge is 1.96. The molecule has 0 aromatic heterocycles. The topological polar surface area (TPSA) is 65.8 Å². The van der Waals surface area contributed by atoms with Gasteiger partial charge >= 0.3 is 0 Å². The number of nitrogens with zero attached hydrogens (tertiary/aromatic N) is 3. The second kappa shape index (κ2) is 4.16. The Morgan fingerprint density at radius 3 is 2.92 bits per heavy atom. The Bertz CT molecular complexity index is 329. The Kier molecular flexibility index (Phi) is 2.87. The molecule has 0 saturated carbocycles. The molecule has 0 heterocycles. The van der Waals surface area contributed by atoms with E-state index in [-0.39, 0.29) is 6.42 Å². The van der Waals surface area contributed by atoms with E-state index in [2.05, 4.69) is 10.0 Å². The van der Waals surface area contributed by atoms with Crippen LogP contribution >= 0.6 is 0 Å². The fourth-order valence-electron chi connectivity index (χ4n) is 0.919. The van der Waals surface area contributed by atoms with Crippen LogP contribution in [0.5, 0.6) is 0 Å². The predicted molar refractivity (Wildman–Crippen MR) is 45.0 cm³/mol. The quantitative estimate of drug-likeness (QED) is 0.290. The van der Waals surface area contributed by atoms with Crippen molar-refractivity contribution in [1.82, 2.24) is 0 Å². The van der Waals surface area contributed by atoms with Crippen molar-refractivity contribution in [3.05, 3.63) is 40.3 Å². The van der Waals surface area contributed by atoms with Crippen molar-refractivity contribution in [3.8, 4) is 0 Å². The van der Waals surface area contributed by atoms with Crippen LogP contribution in [0.25, 0.3) is 10.4 Å². The molecule has 0 unspecified atom stereocenters. The molecule has 0 aliphatic heterocycles. The summed E-state index contributed by atoms with van der Waals surface area (Å²) in [6.45, 7) is 0. The van der Waals surface area contributed by atoms with Crippen molar-refractivity contribution in [2.24, 2.45) is 5.11 Å². The number of azide groups is 1. The third-order valence-electron chi connectivity index (χ3n) is 1.45. The summed E-state index contributed by atoms with van der Waals surface area (Å²) in [7, 11) is 0. The predicted octanol–water partition coefficient (Wildman–Crippen LogP) is 2.37. The fraction of sp³-hybridized carbons (Fsp3) is 0.125. The molecule has 0 saturated heterocycles. The van der Waals surface area contributed by atoms with Crippen LogP contribution in [-0.4, -0.2) is 6.29 Å². The second-order valence-electron chi connectivity index (χ2n) is 2.19. The minimum atomic E-state index is 0.287. The minimum absolute atomic E-state index is 0.287. The van der Waals surface area contributed by atoms with Gasteiger partial charge in [0.1, 0.15) is 6.29 Å². The van der Waals surface area contributed by atoms with Gasteiger partial charge in [-0.2, -0.15) is 0 Å². The van der Waals surface area contributed by atoms with Gasteiger partial charge in [-0.05, 0) is 11.1 Å². The van der Waals surface area contributed by atoms with Gasteiger partial charge in [0.15, 0.2) is 0 Å². The summed E-state index contributed by atoms with van der Waals surface area (Å²) in [6.07, 6.45) is 1.07. The van der Waals surface area contributed by atoms with Gasteiger partial charge in [0, 0.05) is 17.0 Å². The smallest absolute Gasteiger partial charge is 0.124 e. The maximum atomic E-state index is 10.2. The lowest BCUT2D eigenvalue weighted by molar-refractivity contribution is -0.107. The van der Waals surface area contributed by atoms with Crippen LogP contribution < -0.4 is 0 Å². The number of aldehydes is 1. The Morgan fingerprint density at radius 1 is 1.50 bits per heavy atom. The second-order valence-corrected chi connectivity index (χ2v) is 2.19. The number of carbonyl (C=O) groups is 1. The lowest BCUT2D eigenvalue weighted by Crippen LogP contribution is -1.84. The number of benzene rings is 1. The number of hydrogen-bond acceptors (Lipinski definition) is 2. The van der Waals surface area contributed by atoms with Gasteiger partial charge in [-0.1, -0.05) is 29.4 Å². The van der Waals surface area contributed by atoms with E-state index in [1.54, 1.807) is 24.3 Å². The molecule has 0 aliphatic carbocycles. The first-order valence-corrected chi connectivity index (χ1v) is 3.45. The number of hydrogen-bond donors (Lipinski definition) is 0. The zero-order valence-electron chi connectivity index (χ0n) is 6.34. The van der Waals surface area contributed by atoms with Crippen molar-refractivity contribution >= 4 is 12.0 Å². The third kappa shape index (κ3) is 1.84. The molecule has 1 aromatic rings. The zero-order chi connectivity index (χ0) is 8.81. The van der Waals surface area contributed by atoms with Gasteiger partial charge in [0.05, 0.1) is 0 Å². The van der Waals surface area contributed by atoms with E-state index in [1.807, 2.05) is 0 Å². The Hall–Kier alpha value is -1.80. The van der Waals surface area contributed by atoms with E-state index in [0.29, 0.717) is 5.69 Å². The lowest BCUT2D eigenvalue weighted by atomic mass is 10.1. The maximum Gasteiger partial charge on any atom is 0.124 e. The van der Waals surface area contributed by atoms with Crippen molar-refractivity contribution in [2.75, 3.05) is 0 Å². The fourth-order valence-corrected chi connectivity index (χ4v) is 0.919. The summed E-state index contributed by atoms with van der Waals surface area (Å²) >= 11 is 0. The molecule has 0 spiro atoms. The molecular weight excluding hydrogens is 154 g/mol. The van der Waals surface area contributed by atoms with E-state index in [9.17, 15) is 4.79 Å². The van der Waals surface area contributed by atoms with Gasteiger partial charge < -0.3 is 4.79 Å². The Morgan fingerprint density at radius 2 is 2.25 bits per heavy atom. The third-order valence-corrected chi connectivity index (χ3v) is 1.45. The van der Waals surface area contributed by atoms with Crippen LogP contribution in [0.4, 0.5) is 5.69 Å². The molecule has 4 nitrogen and oxygen atoms in total. The molecule has 0 aliphatic rings. The molecule has 0 radical (unpaired) electrons. The highest BCUT2D eigenvalue weighted by molar-refractivity contribution is 5.60. The zero-order valence-corrected chi connectivity index (χ0v) is 6.34. The maximum absolute atomic E-state index is 10.2. The van der Waals surface area contributed by atoms with E-state index >= 15 is 0 Å². The summed E-state index contributed by atoms with van der Waals surface area (Å²) in [6, 6.07) is 7.00. The van der Waals surface area contributed by atoms with Crippen LogP contribution in [0.2, 0.25) is 0 Å². The standard InChI is InChI=1S/C8H7N3O/c9-11-10-8-4-2-1-3-7(8)5-6-12/h1-4,6H,5H2. The molecule has 12 heavy (non-hydrogen) atoms. The van der Waals surface area contributed by atoms with Crippen molar-refractivity contribution < 1.29 is 4.79 Å². The summed E-state index contributed by atoms with van der Waals surface area (Å²) in [5.41, 5.74) is 9.46. The van der Waals surface area contributed by atoms with Gasteiger partial charge in [-0.25, -0.2) is 0 Å². The van der Waals surface area contributed by atoms with Crippen molar-refractivity contribution in [3.63, 3.8) is 0 Å². The molecule has 0 bridgehead atoms. The van der Waals surface area contributed by atoms with Crippen LogP contribution in [0.1, 0.15) is 5.56 Å². The first-order valence-electron chi connectivity index (χ1n) is 3.45. The van der Waals surface area contributed by atoms with E-state index in [0.717, 1.165) is 11.8 Å². The highest BCUT2D eigenvalue weighted by Crippen LogP contribution is 2.18. The number of carbonyl (C=O) groups excluding carboxylic acids is 1. The van der Waals surface area contributed by atoms with Crippen LogP contribution in [0, 0.1) is 0 Å². The summed E-state index contributed by atoms with van der Waals surface area (Å²) in [5.74, 6) is 0. The summed E-state index contributed by atoms with van der Waals surface area (Å²) in [4.78, 5) is 12.9. The van der Waals surface area contributed by atoms with Gasteiger partial charge in [-0.15, -0.1) is 0 Å². The SMILES string of the molecule is [N-]=[N+]=Nc1ccccc1CC=O. The van der Waals surface area contributed by atoms with E-state index in [1.165, 1.54) is 0 Å². The summed E-state index contributed by atoms with van der Waals surface area (Å²) in [5, 5.41) is 3.45. The molecule has 0 amide bonds. The lowest BCUT2D eigenvalue weighted by Gasteiger charge is -1.97. The minimum Gasteiger partial charge on any atom is -0.303 e. The summed E-state index contributed by atoms with van der Waals surface area (Å²) < 4.78 is 0. The molecule has 1 aromatic carbocycles. The van der Waals surface area contributed by atoms with Crippen molar-refractivity contribution in [1.29, 1.82) is 0 Å². The molecule has 60 valence electrons. The normalized spacial score (nSPS) is 8.67. The Balaban J connectivity index is 3.07. The van der Waals surface area contributed by atoms with Crippen LogP contribution in [-0.2, 0) is 11.2 Å². The van der Waals surface area contributed by atoms with E-state index < -0.39 is 0 Å². The van der Waals surface area contributed by atoms with Gasteiger partial charge in [-0.3, -0.25) is 0 Å². The molecule has 0 atom stereocenters. The first-order chi connectivity index (χ1) is 5.88. The van der Waals surface area contributed by atoms with E-state index in [4.69, 9.17) is 5.53 Å². The molecule has 0 N–H and O–H groups in total. The number of rotatable bonds is 3. The molecule has 1 rings (SSSR count). The van der Waals surface area contributed by atoms with Crippen LogP contribution in [0.15, 0.2) is 29.4 Å². The average Bonchev–Trinajstić information content (AvgIpc) is 2.09. The molecular formula is C8H7N3O. The highest BCUT2D eigenvalue weighted by atomic mass is 16.1. The monoisotopic (exact) mass is 161 g/mol. The van der Waals surface area contributed by atoms with Gasteiger partial charge in [0.2, 0.25) is 0 Å². The van der Waals surface area contributed by atoms with Gasteiger partial charge in [0.25, 0.3) is 0 Å². The molecule has 0 fully saturated rings. The molecule has 4 heteroatoms. The first kappa shape index (κ1) is 8.30. The average molecular weight is 161 g/mol. The largest absolute Gasteiger partial charge is 0.303 e. The van der Waals surface area contributed by atoms with Crippen molar-refractivity contribution in [2.45, 2.75) is 6.42 Å². The Labute approximate surface area is 69.5 Å².